The maximum Gasteiger partial charge on any atom is 0.320 e. The monoisotopic (exact) mass is 171 g/mol. The van der Waals surface area contributed by atoms with Crippen molar-refractivity contribution in [3.8, 4) is 0 Å². The molecule has 0 fully saturated rings. The van der Waals surface area contributed by atoms with Gasteiger partial charge in [0.1, 0.15) is 6.04 Å². The number of nitrogens with one attached hydrogen (secondary N) is 1. The molecule has 3 nitrogen and oxygen atoms in total. The molecular formula is C9H17NO2. The number of allylic oxidation sites excluding steroid dienone is 2. The lowest BCUT2D eigenvalue weighted by molar-refractivity contribution is -0.139. The molecule has 2 N–H and O–H groups in total. The minimum atomic E-state index is -0.776. The summed E-state index contributed by atoms with van der Waals surface area (Å²) in [6, 6.07) is -0.411. The van der Waals surface area contributed by atoms with Crippen LogP contribution in [-0.2, 0) is 4.79 Å². The largest absolute Gasteiger partial charge is 0.480 e. The van der Waals surface area contributed by atoms with E-state index in [1.807, 2.05) is 6.08 Å². The van der Waals surface area contributed by atoms with E-state index in [4.69, 9.17) is 5.11 Å². The van der Waals surface area contributed by atoms with Gasteiger partial charge in [-0.05, 0) is 26.3 Å². The van der Waals surface area contributed by atoms with Crippen molar-refractivity contribution >= 4 is 5.97 Å². The van der Waals surface area contributed by atoms with Crippen LogP contribution < -0.4 is 5.32 Å². The van der Waals surface area contributed by atoms with Crippen molar-refractivity contribution in [1.29, 1.82) is 0 Å². The molecule has 0 rings (SSSR count). The minimum absolute atomic E-state index is 0.411. The van der Waals surface area contributed by atoms with Gasteiger partial charge in [0.25, 0.3) is 0 Å². The van der Waals surface area contributed by atoms with Gasteiger partial charge in [-0.25, -0.2) is 0 Å². The quantitative estimate of drug-likeness (QED) is 0.594. The number of hydrogen-bond donors (Lipinski definition) is 2. The third-order valence-electron chi connectivity index (χ3n) is 1.67. The van der Waals surface area contributed by atoms with Crippen LogP contribution in [0.5, 0.6) is 0 Å². The van der Waals surface area contributed by atoms with E-state index in [1.165, 1.54) is 0 Å². The average molecular weight is 171 g/mol. The predicted octanol–water partition coefficient (Wildman–Crippen LogP) is 1.41. The summed E-state index contributed by atoms with van der Waals surface area (Å²) in [4.78, 5) is 10.5. The van der Waals surface area contributed by atoms with Crippen LogP contribution in [0.25, 0.3) is 0 Å². The van der Waals surface area contributed by atoms with Gasteiger partial charge >= 0.3 is 5.97 Å². The van der Waals surface area contributed by atoms with Crippen molar-refractivity contribution in [3.05, 3.63) is 12.2 Å². The molecule has 3 heteroatoms. The second-order valence-electron chi connectivity index (χ2n) is 2.64. The van der Waals surface area contributed by atoms with Crippen molar-refractivity contribution in [3.63, 3.8) is 0 Å². The molecular weight excluding hydrogens is 154 g/mol. The molecule has 0 saturated carbocycles. The lowest BCUT2D eigenvalue weighted by atomic mass is 10.1. The molecule has 1 atom stereocenters. The maximum atomic E-state index is 10.5. The van der Waals surface area contributed by atoms with Gasteiger partial charge < -0.3 is 10.4 Å². The Bertz CT molecular complexity index is 155. The lowest BCUT2D eigenvalue weighted by Gasteiger charge is -2.08. The van der Waals surface area contributed by atoms with Crippen molar-refractivity contribution in [2.45, 2.75) is 32.2 Å². The van der Waals surface area contributed by atoms with Gasteiger partial charge in [0.2, 0.25) is 0 Å². The van der Waals surface area contributed by atoms with Gasteiger partial charge in [-0.1, -0.05) is 19.1 Å². The fourth-order valence-electron chi connectivity index (χ4n) is 0.939. The molecule has 0 aromatic carbocycles. The van der Waals surface area contributed by atoms with Gasteiger partial charge in [0.15, 0.2) is 0 Å². The van der Waals surface area contributed by atoms with Crippen LogP contribution in [-0.4, -0.2) is 24.2 Å². The van der Waals surface area contributed by atoms with E-state index in [2.05, 4.69) is 18.3 Å². The highest BCUT2D eigenvalue weighted by atomic mass is 16.4. The van der Waals surface area contributed by atoms with E-state index in [0.717, 1.165) is 12.8 Å². The summed E-state index contributed by atoms with van der Waals surface area (Å²) >= 11 is 0. The molecule has 0 aliphatic rings. The van der Waals surface area contributed by atoms with E-state index in [1.54, 1.807) is 7.05 Å². The first-order valence-electron chi connectivity index (χ1n) is 4.27. The third kappa shape index (κ3) is 4.91. The Morgan fingerprint density at radius 1 is 1.58 bits per heavy atom. The average Bonchev–Trinajstić information content (AvgIpc) is 2.04. The number of likely N-dealkylation sites (N-methyl/N-ethyl adjacent to an activating group) is 1. The van der Waals surface area contributed by atoms with Crippen molar-refractivity contribution in [2.75, 3.05) is 7.05 Å². The molecule has 0 bridgehead atoms. The molecule has 0 unspecified atom stereocenters. The summed E-state index contributed by atoms with van der Waals surface area (Å²) < 4.78 is 0. The van der Waals surface area contributed by atoms with E-state index < -0.39 is 12.0 Å². The fourth-order valence-corrected chi connectivity index (χ4v) is 0.939. The first-order chi connectivity index (χ1) is 5.72. The smallest absolute Gasteiger partial charge is 0.320 e. The summed E-state index contributed by atoms with van der Waals surface area (Å²) in [7, 11) is 1.67. The Labute approximate surface area is 73.5 Å². The van der Waals surface area contributed by atoms with E-state index in [9.17, 15) is 4.79 Å². The van der Waals surface area contributed by atoms with Crippen LogP contribution in [0, 0.1) is 0 Å². The van der Waals surface area contributed by atoms with Crippen LogP contribution in [0.15, 0.2) is 12.2 Å². The fraction of sp³-hybridized carbons (Fsp3) is 0.667. The Morgan fingerprint density at radius 3 is 2.67 bits per heavy atom. The van der Waals surface area contributed by atoms with Crippen LogP contribution in [0.4, 0.5) is 0 Å². The Kier molecular flexibility index (Phi) is 6.38. The molecule has 0 spiro atoms. The number of carboxylic acid groups (broad SMARTS) is 1. The number of carboxylic acids is 1. The van der Waals surface area contributed by atoms with Crippen LogP contribution >= 0.6 is 0 Å². The highest BCUT2D eigenvalue weighted by Crippen LogP contribution is 1.98. The zero-order valence-corrected chi connectivity index (χ0v) is 7.71. The van der Waals surface area contributed by atoms with Gasteiger partial charge in [0, 0.05) is 0 Å². The summed E-state index contributed by atoms with van der Waals surface area (Å²) in [6.07, 6.45) is 6.56. The summed E-state index contributed by atoms with van der Waals surface area (Å²) in [5.41, 5.74) is 0. The highest BCUT2D eigenvalue weighted by Gasteiger charge is 2.12. The topological polar surface area (TPSA) is 49.3 Å². The molecule has 0 radical (unpaired) electrons. The van der Waals surface area contributed by atoms with Gasteiger partial charge in [-0.3, -0.25) is 4.79 Å². The normalized spacial score (nSPS) is 13.5. The predicted molar refractivity (Wildman–Crippen MR) is 49.1 cm³/mol. The minimum Gasteiger partial charge on any atom is -0.480 e. The lowest BCUT2D eigenvalue weighted by Crippen LogP contribution is -2.33. The zero-order valence-electron chi connectivity index (χ0n) is 7.71. The maximum absolute atomic E-state index is 10.5. The standard InChI is InChI=1S/C9H17NO2/c1-3-4-5-6-7-8(10-2)9(11)12/h4-5,8,10H,3,6-7H2,1-2H3,(H,11,12)/b5-4+/t8-/m0/s1. The first kappa shape index (κ1) is 11.2. The van der Waals surface area contributed by atoms with Crippen LogP contribution in [0.3, 0.4) is 0 Å². The van der Waals surface area contributed by atoms with E-state index in [0.29, 0.717) is 6.42 Å². The number of hydrogen-bond acceptors (Lipinski definition) is 2. The molecule has 70 valence electrons. The second kappa shape index (κ2) is 6.85. The van der Waals surface area contributed by atoms with Crippen LogP contribution in [0.2, 0.25) is 0 Å². The Balaban J connectivity index is 3.58. The zero-order chi connectivity index (χ0) is 9.40. The summed E-state index contributed by atoms with van der Waals surface area (Å²) in [5, 5.41) is 11.4. The van der Waals surface area contributed by atoms with Gasteiger partial charge in [-0.2, -0.15) is 0 Å². The molecule has 0 aliphatic heterocycles. The first-order valence-corrected chi connectivity index (χ1v) is 4.27. The van der Waals surface area contributed by atoms with Crippen molar-refractivity contribution < 1.29 is 9.90 Å². The van der Waals surface area contributed by atoms with E-state index >= 15 is 0 Å². The highest BCUT2D eigenvalue weighted by molar-refractivity contribution is 5.73. The summed E-state index contributed by atoms with van der Waals surface area (Å²) in [5.74, 6) is -0.776. The molecule has 0 aliphatic carbocycles. The number of rotatable bonds is 6. The van der Waals surface area contributed by atoms with Crippen molar-refractivity contribution in [2.24, 2.45) is 0 Å². The molecule has 0 heterocycles. The third-order valence-corrected chi connectivity index (χ3v) is 1.67. The van der Waals surface area contributed by atoms with Gasteiger partial charge in [-0.15, -0.1) is 0 Å². The van der Waals surface area contributed by atoms with E-state index in [-0.39, 0.29) is 0 Å². The molecule has 0 amide bonds. The Morgan fingerprint density at radius 2 is 2.25 bits per heavy atom. The SMILES string of the molecule is CC/C=C/CC[C@H](NC)C(=O)O. The van der Waals surface area contributed by atoms with Crippen molar-refractivity contribution in [1.82, 2.24) is 5.32 Å². The summed E-state index contributed by atoms with van der Waals surface area (Å²) in [6.45, 7) is 2.06. The Hall–Kier alpha value is -0.830. The molecule has 0 saturated heterocycles. The molecule has 12 heavy (non-hydrogen) atoms. The van der Waals surface area contributed by atoms with Crippen LogP contribution in [0.1, 0.15) is 26.2 Å². The second-order valence-corrected chi connectivity index (χ2v) is 2.64. The number of aliphatic carboxylic acids is 1. The van der Waals surface area contributed by atoms with Gasteiger partial charge in [0.05, 0.1) is 0 Å². The number of carbonyl (C=O) groups is 1. The molecule has 0 aromatic heterocycles. The molecule has 0 aromatic rings.